The number of anilines is 1. The molecule has 4 rings (SSSR count). The molecule has 0 bridgehead atoms. The molecule has 3 aromatic rings. The second-order valence-electron chi connectivity index (χ2n) is 7.11. The summed E-state index contributed by atoms with van der Waals surface area (Å²) in [5.74, 6) is -0.172. The molecule has 0 aliphatic heterocycles. The van der Waals surface area contributed by atoms with Crippen LogP contribution < -0.4 is 14.2 Å². The summed E-state index contributed by atoms with van der Waals surface area (Å²) in [7, 11) is -1.00. The Hall–Kier alpha value is -3.53. The van der Waals surface area contributed by atoms with E-state index in [4.69, 9.17) is 9.47 Å². The molecule has 0 radical (unpaired) electrons. The van der Waals surface area contributed by atoms with Crippen LogP contribution in [0.1, 0.15) is 34.8 Å². The van der Waals surface area contributed by atoms with Gasteiger partial charge in [-0.25, -0.2) is 17.9 Å². The summed E-state index contributed by atoms with van der Waals surface area (Å²) in [4.78, 5) is 11.6. The lowest BCUT2D eigenvalue weighted by molar-refractivity contribution is 0.0695. The number of methoxy groups -OCH3 is 2. The highest BCUT2D eigenvalue weighted by Gasteiger charge is 2.33. The Kier molecular flexibility index (Phi) is 5.32. The molecule has 1 heterocycles. The summed E-state index contributed by atoms with van der Waals surface area (Å²) in [5.41, 5.74) is 1.69. The van der Waals surface area contributed by atoms with Crippen molar-refractivity contribution < 1.29 is 27.8 Å². The summed E-state index contributed by atoms with van der Waals surface area (Å²) >= 11 is 0. The van der Waals surface area contributed by atoms with Gasteiger partial charge in [0.05, 0.1) is 42.4 Å². The van der Waals surface area contributed by atoms with Crippen LogP contribution in [-0.4, -0.2) is 43.5 Å². The van der Waals surface area contributed by atoms with Gasteiger partial charge in [0.2, 0.25) is 0 Å². The van der Waals surface area contributed by atoms with Crippen molar-refractivity contribution in [2.45, 2.75) is 23.7 Å². The normalized spacial score (nSPS) is 13.6. The van der Waals surface area contributed by atoms with E-state index in [9.17, 15) is 18.3 Å². The lowest BCUT2D eigenvalue weighted by Crippen LogP contribution is -2.13. The van der Waals surface area contributed by atoms with Gasteiger partial charge in [0, 0.05) is 12.0 Å². The smallest absolute Gasteiger partial charge is 0.339 e. The van der Waals surface area contributed by atoms with E-state index in [2.05, 4.69) is 9.82 Å². The monoisotopic (exact) mass is 443 g/mol. The number of carboxylic acid groups (broad SMARTS) is 1. The highest BCUT2D eigenvalue weighted by atomic mass is 32.2. The third-order valence-corrected chi connectivity index (χ3v) is 6.39. The van der Waals surface area contributed by atoms with Gasteiger partial charge in [-0.1, -0.05) is 6.07 Å². The van der Waals surface area contributed by atoms with E-state index in [0.717, 1.165) is 12.8 Å². The van der Waals surface area contributed by atoms with Crippen LogP contribution in [-0.2, 0) is 10.0 Å². The molecule has 2 N–H and O–H groups in total. The molecule has 10 heteroatoms. The number of nitrogens with one attached hydrogen (secondary N) is 1. The van der Waals surface area contributed by atoms with Gasteiger partial charge in [0.25, 0.3) is 10.0 Å². The number of hydrogen-bond donors (Lipinski definition) is 2. The number of hydrogen-bond acceptors (Lipinski definition) is 6. The van der Waals surface area contributed by atoms with Crippen molar-refractivity contribution in [3.63, 3.8) is 0 Å². The van der Waals surface area contributed by atoms with E-state index in [-0.39, 0.29) is 16.4 Å². The second-order valence-corrected chi connectivity index (χ2v) is 8.79. The average molecular weight is 443 g/mol. The molecule has 0 atom stereocenters. The van der Waals surface area contributed by atoms with Crippen molar-refractivity contribution >= 4 is 21.7 Å². The van der Waals surface area contributed by atoms with Crippen molar-refractivity contribution in [3.05, 3.63) is 59.9 Å². The van der Waals surface area contributed by atoms with Crippen molar-refractivity contribution in [1.29, 1.82) is 0 Å². The highest BCUT2D eigenvalue weighted by Crippen LogP contribution is 2.42. The third-order valence-electron chi connectivity index (χ3n) is 5.01. The number of aromatic nitrogens is 2. The molecular weight excluding hydrogens is 422 g/mol. The minimum atomic E-state index is -3.90. The third kappa shape index (κ3) is 4.06. The van der Waals surface area contributed by atoms with Crippen molar-refractivity contribution in [2.75, 3.05) is 18.9 Å². The van der Waals surface area contributed by atoms with Gasteiger partial charge in [-0.3, -0.25) is 4.72 Å². The van der Waals surface area contributed by atoms with E-state index in [1.54, 1.807) is 28.9 Å². The summed E-state index contributed by atoms with van der Waals surface area (Å²) in [6.45, 7) is 0. The number of benzene rings is 2. The Morgan fingerprint density at radius 1 is 1.13 bits per heavy atom. The summed E-state index contributed by atoms with van der Waals surface area (Å²) in [6.07, 6.45) is 3.13. The first kappa shape index (κ1) is 20.7. The zero-order valence-corrected chi connectivity index (χ0v) is 17.7. The zero-order chi connectivity index (χ0) is 22.2. The molecule has 0 spiro atoms. The Bertz CT molecular complexity index is 1250. The van der Waals surface area contributed by atoms with Crippen molar-refractivity contribution in [1.82, 2.24) is 9.78 Å². The standard InChI is InChI=1S/C21H21N3O6S/c1-29-18-9-8-16(11-19(18)30-2)31(27,28)23-14-4-3-5-15(10-14)24-20(13-6-7-13)17(12-22-24)21(25)26/h3-5,8-13,23H,6-7H2,1-2H3,(H,25,26). The van der Waals surface area contributed by atoms with E-state index < -0.39 is 16.0 Å². The topological polar surface area (TPSA) is 120 Å². The molecule has 9 nitrogen and oxygen atoms in total. The molecule has 1 aliphatic carbocycles. The Morgan fingerprint density at radius 3 is 2.52 bits per heavy atom. The number of carboxylic acids is 1. The van der Waals surface area contributed by atoms with Gasteiger partial charge in [-0.05, 0) is 43.2 Å². The Balaban J connectivity index is 1.66. The summed E-state index contributed by atoms with van der Waals surface area (Å²) in [5, 5.41) is 13.7. The fraction of sp³-hybridized carbons (Fsp3) is 0.238. The molecule has 0 amide bonds. The minimum Gasteiger partial charge on any atom is -0.493 e. The number of nitrogens with zero attached hydrogens (tertiary/aromatic N) is 2. The lowest BCUT2D eigenvalue weighted by atomic mass is 10.1. The first-order chi connectivity index (χ1) is 14.8. The molecular formula is C21H21N3O6S. The van der Waals surface area contributed by atoms with Crippen LogP contribution in [0, 0.1) is 0 Å². The van der Waals surface area contributed by atoms with Gasteiger partial charge in [0.1, 0.15) is 5.56 Å². The van der Waals surface area contributed by atoms with Crippen LogP contribution in [0.15, 0.2) is 53.6 Å². The van der Waals surface area contributed by atoms with Crippen molar-refractivity contribution in [2.24, 2.45) is 0 Å². The van der Waals surface area contributed by atoms with E-state index >= 15 is 0 Å². The molecule has 1 aromatic heterocycles. The minimum absolute atomic E-state index is 0.0153. The molecule has 0 unspecified atom stereocenters. The zero-order valence-electron chi connectivity index (χ0n) is 16.9. The fourth-order valence-corrected chi connectivity index (χ4v) is 4.44. The van der Waals surface area contributed by atoms with Crippen LogP contribution in [0.2, 0.25) is 0 Å². The van der Waals surface area contributed by atoms with Crippen LogP contribution in [0.3, 0.4) is 0 Å². The van der Waals surface area contributed by atoms with Gasteiger partial charge < -0.3 is 14.6 Å². The largest absolute Gasteiger partial charge is 0.493 e. The number of ether oxygens (including phenoxy) is 2. The first-order valence-electron chi connectivity index (χ1n) is 9.50. The molecule has 1 fully saturated rings. The van der Waals surface area contributed by atoms with Crippen LogP contribution in [0.4, 0.5) is 5.69 Å². The maximum Gasteiger partial charge on any atom is 0.339 e. The molecule has 162 valence electrons. The number of carbonyl (C=O) groups is 1. The van der Waals surface area contributed by atoms with Gasteiger partial charge >= 0.3 is 5.97 Å². The molecule has 0 saturated heterocycles. The number of aromatic carboxylic acids is 1. The Morgan fingerprint density at radius 2 is 1.87 bits per heavy atom. The maximum absolute atomic E-state index is 12.9. The number of rotatable bonds is 8. The molecule has 1 aliphatic rings. The fourth-order valence-electron chi connectivity index (χ4n) is 3.38. The van der Waals surface area contributed by atoms with Gasteiger partial charge in [0.15, 0.2) is 11.5 Å². The number of sulfonamides is 1. The molecule has 31 heavy (non-hydrogen) atoms. The predicted molar refractivity (Wildman–Crippen MR) is 113 cm³/mol. The predicted octanol–water partition coefficient (Wildman–Crippen LogP) is 3.27. The molecule has 1 saturated carbocycles. The lowest BCUT2D eigenvalue weighted by Gasteiger charge is -2.13. The van der Waals surface area contributed by atoms with Crippen molar-refractivity contribution in [3.8, 4) is 17.2 Å². The van der Waals surface area contributed by atoms with E-state index in [0.29, 0.717) is 28.6 Å². The van der Waals surface area contributed by atoms with Crippen LogP contribution in [0.5, 0.6) is 11.5 Å². The van der Waals surface area contributed by atoms with E-state index in [1.165, 1.54) is 38.6 Å². The van der Waals surface area contributed by atoms with E-state index in [1.807, 2.05) is 0 Å². The van der Waals surface area contributed by atoms with Gasteiger partial charge in [-0.2, -0.15) is 5.10 Å². The Labute approximate surface area is 179 Å². The average Bonchev–Trinajstić information content (AvgIpc) is 3.50. The maximum atomic E-state index is 12.9. The summed E-state index contributed by atoms with van der Waals surface area (Å²) in [6, 6.07) is 11.0. The van der Waals surface area contributed by atoms with Gasteiger partial charge in [-0.15, -0.1) is 0 Å². The summed E-state index contributed by atoms with van der Waals surface area (Å²) < 4.78 is 40.2. The first-order valence-corrected chi connectivity index (χ1v) is 11.0. The quantitative estimate of drug-likeness (QED) is 0.548. The van der Waals surface area contributed by atoms with Crippen LogP contribution in [0.25, 0.3) is 5.69 Å². The van der Waals surface area contributed by atoms with Crippen LogP contribution >= 0.6 is 0 Å². The molecule has 2 aromatic carbocycles. The SMILES string of the molecule is COc1ccc(S(=O)(=O)Nc2cccc(-n3ncc(C(=O)O)c3C3CC3)c2)cc1OC. The second kappa shape index (κ2) is 7.95. The highest BCUT2D eigenvalue weighted by molar-refractivity contribution is 7.92.